The maximum absolute atomic E-state index is 12.2. The van der Waals surface area contributed by atoms with Crippen LogP contribution in [-0.4, -0.2) is 30.4 Å². The van der Waals surface area contributed by atoms with E-state index in [-0.39, 0.29) is 29.9 Å². The van der Waals surface area contributed by atoms with Crippen molar-refractivity contribution in [1.82, 2.24) is 21.5 Å². The summed E-state index contributed by atoms with van der Waals surface area (Å²) in [6.07, 6.45) is 1.87. The molecule has 1 saturated heterocycles. The van der Waals surface area contributed by atoms with Crippen LogP contribution in [0.25, 0.3) is 0 Å². The van der Waals surface area contributed by atoms with E-state index < -0.39 is 0 Å². The third kappa shape index (κ3) is 5.58. The Morgan fingerprint density at radius 2 is 2.00 bits per heavy atom. The molecule has 1 aliphatic rings. The highest BCUT2D eigenvalue weighted by atomic mass is 79.9. The Bertz CT molecular complexity index is 564. The Balaban J connectivity index is 1.72. The predicted molar refractivity (Wildman–Crippen MR) is 97.1 cm³/mol. The standard InChI is InChI=1S/C17H25BrN4O2/c1-3-11(2)20-16(23)8-9-19-17(24)15-10-14(21-22-15)12-4-6-13(18)7-5-12/h4-7,11,14-15,21-22H,3,8-10H2,1-2H3,(H,19,24)(H,20,23). The molecule has 24 heavy (non-hydrogen) atoms. The number of amides is 2. The Hall–Kier alpha value is -1.44. The van der Waals surface area contributed by atoms with Crippen LogP contribution in [0.1, 0.15) is 44.7 Å². The van der Waals surface area contributed by atoms with Crippen LogP contribution in [0.3, 0.4) is 0 Å². The van der Waals surface area contributed by atoms with Gasteiger partial charge in [-0.3, -0.25) is 9.59 Å². The van der Waals surface area contributed by atoms with E-state index in [1.165, 1.54) is 0 Å². The lowest BCUT2D eigenvalue weighted by Gasteiger charge is -2.13. The van der Waals surface area contributed by atoms with Crippen molar-refractivity contribution < 1.29 is 9.59 Å². The van der Waals surface area contributed by atoms with Gasteiger partial charge in [0.05, 0.1) is 0 Å². The largest absolute Gasteiger partial charge is 0.354 e. The van der Waals surface area contributed by atoms with Crippen LogP contribution in [0, 0.1) is 0 Å². The van der Waals surface area contributed by atoms with E-state index in [4.69, 9.17) is 0 Å². The van der Waals surface area contributed by atoms with Gasteiger partial charge in [-0.15, -0.1) is 0 Å². The molecule has 3 atom stereocenters. The predicted octanol–water partition coefficient (Wildman–Crippen LogP) is 1.78. The maximum atomic E-state index is 12.2. The SMILES string of the molecule is CCC(C)NC(=O)CCNC(=O)C1CC(c2ccc(Br)cc2)NN1. The lowest BCUT2D eigenvalue weighted by molar-refractivity contribution is -0.123. The maximum Gasteiger partial charge on any atom is 0.238 e. The molecule has 7 heteroatoms. The van der Waals surface area contributed by atoms with E-state index >= 15 is 0 Å². The minimum Gasteiger partial charge on any atom is -0.354 e. The molecule has 0 aliphatic carbocycles. The number of nitrogens with one attached hydrogen (secondary N) is 4. The van der Waals surface area contributed by atoms with Crippen LogP contribution in [-0.2, 0) is 9.59 Å². The topological polar surface area (TPSA) is 82.3 Å². The summed E-state index contributed by atoms with van der Waals surface area (Å²) >= 11 is 3.42. The molecule has 1 fully saturated rings. The fraction of sp³-hybridized carbons (Fsp3) is 0.529. The number of carbonyl (C=O) groups is 2. The molecule has 6 nitrogen and oxygen atoms in total. The smallest absolute Gasteiger partial charge is 0.238 e. The van der Waals surface area contributed by atoms with Gasteiger partial charge in [0.15, 0.2) is 0 Å². The molecule has 4 N–H and O–H groups in total. The van der Waals surface area contributed by atoms with Gasteiger partial charge in [0, 0.05) is 29.5 Å². The Labute approximate surface area is 151 Å². The zero-order valence-electron chi connectivity index (χ0n) is 14.1. The molecule has 0 bridgehead atoms. The summed E-state index contributed by atoms with van der Waals surface area (Å²) in [5, 5.41) is 5.70. The minimum atomic E-state index is -0.295. The molecule has 2 amide bonds. The van der Waals surface area contributed by atoms with Crippen molar-refractivity contribution in [2.45, 2.75) is 51.2 Å². The Morgan fingerprint density at radius 3 is 2.67 bits per heavy atom. The van der Waals surface area contributed by atoms with Gasteiger partial charge in [-0.2, -0.15) is 0 Å². The van der Waals surface area contributed by atoms with E-state index in [9.17, 15) is 9.59 Å². The number of hydrogen-bond acceptors (Lipinski definition) is 4. The van der Waals surface area contributed by atoms with Gasteiger partial charge in [-0.05, 0) is 37.5 Å². The van der Waals surface area contributed by atoms with Gasteiger partial charge in [0.2, 0.25) is 11.8 Å². The first-order chi connectivity index (χ1) is 11.5. The zero-order chi connectivity index (χ0) is 17.5. The van der Waals surface area contributed by atoms with Crippen molar-refractivity contribution in [2.75, 3.05) is 6.54 Å². The lowest BCUT2D eigenvalue weighted by Crippen LogP contribution is -2.44. The minimum absolute atomic E-state index is 0.0325. The Morgan fingerprint density at radius 1 is 1.29 bits per heavy atom. The second kappa shape index (κ2) is 9.15. The van der Waals surface area contributed by atoms with Crippen molar-refractivity contribution in [3.8, 4) is 0 Å². The van der Waals surface area contributed by atoms with Crippen LogP contribution in [0.2, 0.25) is 0 Å². The Kier molecular flexibility index (Phi) is 7.20. The summed E-state index contributed by atoms with van der Waals surface area (Å²) < 4.78 is 1.03. The molecule has 2 rings (SSSR count). The summed E-state index contributed by atoms with van der Waals surface area (Å²) in [6, 6.07) is 8.01. The lowest BCUT2D eigenvalue weighted by atomic mass is 10.0. The normalized spacial score (nSPS) is 21.3. The second-order valence-electron chi connectivity index (χ2n) is 6.10. The van der Waals surface area contributed by atoms with Crippen LogP contribution < -0.4 is 21.5 Å². The molecular formula is C17H25BrN4O2. The van der Waals surface area contributed by atoms with E-state index in [1.807, 2.05) is 38.1 Å². The van der Waals surface area contributed by atoms with Crippen LogP contribution in [0.4, 0.5) is 0 Å². The molecule has 1 heterocycles. The van der Waals surface area contributed by atoms with Gasteiger partial charge in [-0.1, -0.05) is 35.0 Å². The highest BCUT2D eigenvalue weighted by Crippen LogP contribution is 2.23. The molecule has 0 aromatic heterocycles. The molecule has 3 unspecified atom stereocenters. The molecule has 1 aromatic carbocycles. The van der Waals surface area contributed by atoms with Gasteiger partial charge < -0.3 is 10.6 Å². The third-order valence-electron chi connectivity index (χ3n) is 4.16. The molecule has 0 spiro atoms. The number of hydrazine groups is 1. The van der Waals surface area contributed by atoms with Gasteiger partial charge in [0.1, 0.15) is 6.04 Å². The quantitative estimate of drug-likeness (QED) is 0.566. The number of rotatable bonds is 7. The number of halogens is 1. The fourth-order valence-electron chi connectivity index (χ4n) is 2.51. The van der Waals surface area contributed by atoms with E-state index in [2.05, 4.69) is 37.4 Å². The molecule has 1 aliphatic heterocycles. The van der Waals surface area contributed by atoms with Crippen molar-refractivity contribution in [2.24, 2.45) is 0 Å². The van der Waals surface area contributed by atoms with Crippen LogP contribution in [0.5, 0.6) is 0 Å². The summed E-state index contributed by atoms with van der Waals surface area (Å²) in [5.74, 6) is -0.117. The molecule has 132 valence electrons. The number of carbonyl (C=O) groups excluding carboxylic acids is 2. The number of hydrogen-bond donors (Lipinski definition) is 4. The average molecular weight is 397 g/mol. The summed E-state index contributed by atoms with van der Waals surface area (Å²) in [4.78, 5) is 23.9. The fourth-order valence-corrected chi connectivity index (χ4v) is 2.78. The first-order valence-corrected chi connectivity index (χ1v) is 9.12. The summed E-state index contributed by atoms with van der Waals surface area (Å²) in [7, 11) is 0. The highest BCUT2D eigenvalue weighted by molar-refractivity contribution is 9.10. The van der Waals surface area contributed by atoms with E-state index in [0.717, 1.165) is 16.5 Å². The molecule has 1 aromatic rings. The van der Waals surface area contributed by atoms with Crippen molar-refractivity contribution >= 4 is 27.7 Å². The highest BCUT2D eigenvalue weighted by Gasteiger charge is 2.29. The molecule has 0 radical (unpaired) electrons. The molecule has 0 saturated carbocycles. The number of benzene rings is 1. The first-order valence-electron chi connectivity index (χ1n) is 8.33. The van der Waals surface area contributed by atoms with Gasteiger partial charge in [0.25, 0.3) is 0 Å². The van der Waals surface area contributed by atoms with Crippen LogP contribution >= 0.6 is 15.9 Å². The van der Waals surface area contributed by atoms with Crippen molar-refractivity contribution in [3.63, 3.8) is 0 Å². The van der Waals surface area contributed by atoms with Gasteiger partial charge in [-0.25, -0.2) is 10.9 Å². The third-order valence-corrected chi connectivity index (χ3v) is 4.69. The zero-order valence-corrected chi connectivity index (χ0v) is 15.7. The average Bonchev–Trinajstić information content (AvgIpc) is 3.05. The summed E-state index contributed by atoms with van der Waals surface area (Å²) in [5.41, 5.74) is 7.31. The monoisotopic (exact) mass is 396 g/mol. The second-order valence-corrected chi connectivity index (χ2v) is 7.01. The molecular weight excluding hydrogens is 372 g/mol. The van der Waals surface area contributed by atoms with Crippen molar-refractivity contribution in [1.29, 1.82) is 0 Å². The first kappa shape index (κ1) is 18.9. The van der Waals surface area contributed by atoms with E-state index in [1.54, 1.807) is 0 Å². The van der Waals surface area contributed by atoms with Crippen molar-refractivity contribution in [3.05, 3.63) is 34.3 Å². The summed E-state index contributed by atoms with van der Waals surface area (Å²) in [6.45, 7) is 4.34. The van der Waals surface area contributed by atoms with Gasteiger partial charge >= 0.3 is 0 Å². The van der Waals surface area contributed by atoms with E-state index in [0.29, 0.717) is 19.4 Å². The van der Waals surface area contributed by atoms with Crippen LogP contribution in [0.15, 0.2) is 28.7 Å².